The number of carbonyl (C=O) groups excluding carboxylic acids is 1. The maximum atomic E-state index is 12.2. The van der Waals surface area contributed by atoms with Gasteiger partial charge in [-0.05, 0) is 81.0 Å². The van der Waals surface area contributed by atoms with Gasteiger partial charge >= 0.3 is 0 Å². The van der Waals surface area contributed by atoms with Crippen molar-refractivity contribution in [3.05, 3.63) is 48.0 Å². The second-order valence-electron chi connectivity index (χ2n) is 13.7. The topological polar surface area (TPSA) is 95.1 Å². The number of rotatable bonds is 8. The molecule has 1 aliphatic carbocycles. The molecule has 3 aromatic rings. The Bertz CT molecular complexity index is 1470. The predicted octanol–water partition coefficient (Wildman–Crippen LogP) is 4.61. The van der Waals surface area contributed by atoms with Gasteiger partial charge in [-0.3, -0.25) is 19.3 Å². The lowest BCUT2D eigenvalue weighted by atomic mass is 9.79. The molecule has 44 heavy (non-hydrogen) atoms. The van der Waals surface area contributed by atoms with Crippen molar-refractivity contribution in [1.29, 1.82) is 0 Å². The number of fused-ring (bicyclic) bond motifs is 3. The first-order valence-corrected chi connectivity index (χ1v) is 16.8. The van der Waals surface area contributed by atoms with Gasteiger partial charge in [0.05, 0.1) is 44.5 Å². The molecule has 2 atom stereocenters. The average Bonchev–Trinajstić information content (AvgIpc) is 3.50. The number of hydrogen-bond acceptors (Lipinski definition) is 7. The van der Waals surface area contributed by atoms with Crippen molar-refractivity contribution in [2.24, 2.45) is 5.73 Å². The number of morpholine rings is 1. The highest BCUT2D eigenvalue weighted by Crippen LogP contribution is 2.41. The molecule has 2 unspecified atom stereocenters. The van der Waals surface area contributed by atoms with Crippen molar-refractivity contribution in [2.45, 2.75) is 94.1 Å². The highest BCUT2D eigenvalue weighted by atomic mass is 16.5. The third-order valence-corrected chi connectivity index (χ3v) is 11.2. The number of piperidine rings is 1. The van der Waals surface area contributed by atoms with E-state index in [-0.39, 0.29) is 11.6 Å². The van der Waals surface area contributed by atoms with Gasteiger partial charge in [0.2, 0.25) is 5.91 Å². The van der Waals surface area contributed by atoms with Crippen LogP contribution >= 0.6 is 0 Å². The second kappa shape index (κ2) is 11.7. The number of benzene rings is 2. The van der Waals surface area contributed by atoms with Gasteiger partial charge in [-0.25, -0.2) is 0 Å². The van der Waals surface area contributed by atoms with Crippen LogP contribution < -0.4 is 10.5 Å². The smallest absolute Gasteiger partial charge is 0.248 e. The largest absolute Gasteiger partial charge is 0.490 e. The fourth-order valence-electron chi connectivity index (χ4n) is 8.90. The summed E-state index contributed by atoms with van der Waals surface area (Å²) in [6.45, 7) is 6.12. The van der Waals surface area contributed by atoms with Crippen LogP contribution in [0.15, 0.2) is 42.5 Å². The summed E-state index contributed by atoms with van der Waals surface area (Å²) in [7, 11) is 0. The Kier molecular flexibility index (Phi) is 7.61. The number of aromatic nitrogens is 2. The number of carbonyl (C=O) groups is 1. The zero-order valence-corrected chi connectivity index (χ0v) is 25.7. The predicted molar refractivity (Wildman–Crippen MR) is 169 cm³/mol. The summed E-state index contributed by atoms with van der Waals surface area (Å²) in [6.07, 6.45) is 11.1. The molecule has 5 heterocycles. The van der Waals surface area contributed by atoms with Crippen LogP contribution in [-0.4, -0.2) is 94.8 Å². The molecule has 0 radical (unpaired) electrons. The minimum atomic E-state index is -0.420. The van der Waals surface area contributed by atoms with Crippen LogP contribution in [0.3, 0.4) is 0 Å². The number of nitrogens with two attached hydrogens (primary N) is 1. The molecule has 2 N–H and O–H groups in total. The molecule has 9 heteroatoms. The molecule has 234 valence electrons. The van der Waals surface area contributed by atoms with Crippen LogP contribution in [-0.2, 0) is 16.0 Å². The number of primary amides is 1. The van der Waals surface area contributed by atoms with Gasteiger partial charge in [0.15, 0.2) is 0 Å². The minimum absolute atomic E-state index is 0.0684. The fraction of sp³-hybridized carbons (Fsp3) is 0.600. The Hall–Kier alpha value is -2.98. The second-order valence-corrected chi connectivity index (χ2v) is 13.7. The summed E-state index contributed by atoms with van der Waals surface area (Å²) < 4.78 is 20.0. The summed E-state index contributed by atoms with van der Waals surface area (Å²) in [5.41, 5.74) is 9.25. The molecule has 4 saturated heterocycles. The van der Waals surface area contributed by atoms with Gasteiger partial charge < -0.3 is 19.9 Å². The van der Waals surface area contributed by atoms with Crippen molar-refractivity contribution in [1.82, 2.24) is 19.6 Å². The summed E-state index contributed by atoms with van der Waals surface area (Å²) in [4.78, 5) is 17.6. The van der Waals surface area contributed by atoms with Gasteiger partial charge in [0, 0.05) is 47.2 Å². The lowest BCUT2D eigenvalue weighted by molar-refractivity contribution is -0.102. The standard InChI is InChI=1S/C35H45N5O4/c36-34(41)25-6-11-32-31(18-25)33(37-39(32)23-35(12-2-1-3-13-35)38-14-16-42-17-15-38)24-4-9-29(10-5-24)44-30-19-26-7-8-27(20-30)40(26)28-21-43-22-28/h4-6,9-11,18,26-28,30H,1-3,7-8,12-17,19-23H2,(H2,36,41). The third kappa shape index (κ3) is 5.21. The number of hydrogen-bond donors (Lipinski definition) is 1. The SMILES string of the molecule is NC(=O)c1ccc2c(c1)c(-c1ccc(OC3CC4CCC(C3)N4C3COC3)cc1)nn2CC1(N2CCOCC2)CCCCC1. The quantitative estimate of drug-likeness (QED) is 0.404. The zero-order valence-electron chi connectivity index (χ0n) is 25.7. The van der Waals surface area contributed by atoms with E-state index in [1.807, 2.05) is 18.2 Å². The van der Waals surface area contributed by atoms with Gasteiger partial charge in [0.1, 0.15) is 17.5 Å². The van der Waals surface area contributed by atoms with Crippen LogP contribution in [0, 0.1) is 0 Å². The van der Waals surface area contributed by atoms with Crippen molar-refractivity contribution in [3.8, 4) is 17.0 Å². The highest BCUT2D eigenvalue weighted by molar-refractivity contribution is 6.01. The molecule has 0 spiro atoms. The Labute approximate surface area is 259 Å². The van der Waals surface area contributed by atoms with Crippen molar-refractivity contribution in [3.63, 3.8) is 0 Å². The molecule has 2 aromatic carbocycles. The summed E-state index contributed by atoms with van der Waals surface area (Å²) >= 11 is 0. The summed E-state index contributed by atoms with van der Waals surface area (Å²) in [5, 5.41) is 6.22. The summed E-state index contributed by atoms with van der Waals surface area (Å²) in [6, 6.07) is 16.0. The molecule has 5 fully saturated rings. The molecule has 9 nitrogen and oxygen atoms in total. The number of amides is 1. The van der Waals surface area contributed by atoms with Gasteiger partial charge in [-0.1, -0.05) is 19.3 Å². The first kappa shape index (κ1) is 28.5. The van der Waals surface area contributed by atoms with Gasteiger partial charge in [0.25, 0.3) is 0 Å². The summed E-state index contributed by atoms with van der Waals surface area (Å²) in [5.74, 6) is 0.491. The highest BCUT2D eigenvalue weighted by Gasteiger charge is 2.46. The van der Waals surface area contributed by atoms with Crippen molar-refractivity contribution < 1.29 is 19.0 Å². The third-order valence-electron chi connectivity index (χ3n) is 11.2. The fourth-order valence-corrected chi connectivity index (χ4v) is 8.90. The van der Waals surface area contributed by atoms with E-state index in [1.165, 1.54) is 44.9 Å². The lowest BCUT2D eigenvalue weighted by Crippen LogP contribution is -2.57. The molecule has 2 bridgehead atoms. The van der Waals surface area contributed by atoms with E-state index in [1.54, 1.807) is 0 Å². The van der Waals surface area contributed by atoms with Gasteiger partial charge in [-0.15, -0.1) is 0 Å². The maximum absolute atomic E-state index is 12.2. The molecule has 1 saturated carbocycles. The lowest BCUT2D eigenvalue weighted by Gasteiger charge is -2.48. The number of ether oxygens (including phenoxy) is 3. The molecule has 4 aliphatic heterocycles. The number of nitrogens with zero attached hydrogens (tertiary/aromatic N) is 4. The van der Waals surface area contributed by atoms with E-state index in [2.05, 4.69) is 38.7 Å². The molecule has 1 aromatic heterocycles. The van der Waals surface area contributed by atoms with E-state index in [0.717, 1.165) is 86.8 Å². The molecular formula is C35H45N5O4. The van der Waals surface area contributed by atoms with Crippen LogP contribution in [0.5, 0.6) is 5.75 Å². The van der Waals surface area contributed by atoms with E-state index in [9.17, 15) is 4.79 Å². The normalized spacial score (nSPS) is 27.8. The molecule has 8 rings (SSSR count). The van der Waals surface area contributed by atoms with Crippen LogP contribution in [0.1, 0.15) is 68.1 Å². The van der Waals surface area contributed by atoms with Gasteiger partial charge in [-0.2, -0.15) is 5.10 Å². The Morgan fingerprint density at radius 3 is 2.32 bits per heavy atom. The van der Waals surface area contributed by atoms with E-state index in [4.69, 9.17) is 25.0 Å². The zero-order chi connectivity index (χ0) is 29.7. The Morgan fingerprint density at radius 2 is 1.66 bits per heavy atom. The van der Waals surface area contributed by atoms with E-state index in [0.29, 0.717) is 23.7 Å². The van der Waals surface area contributed by atoms with Crippen LogP contribution in [0.4, 0.5) is 0 Å². The monoisotopic (exact) mass is 599 g/mol. The Morgan fingerprint density at radius 1 is 0.932 bits per heavy atom. The molecule has 5 aliphatic rings. The van der Waals surface area contributed by atoms with Crippen molar-refractivity contribution in [2.75, 3.05) is 39.5 Å². The average molecular weight is 600 g/mol. The maximum Gasteiger partial charge on any atom is 0.248 e. The van der Waals surface area contributed by atoms with Crippen LogP contribution in [0.2, 0.25) is 0 Å². The van der Waals surface area contributed by atoms with E-state index >= 15 is 0 Å². The van der Waals surface area contributed by atoms with Crippen LogP contribution in [0.25, 0.3) is 22.2 Å². The molecule has 1 amide bonds. The molecular weight excluding hydrogens is 554 g/mol. The van der Waals surface area contributed by atoms with Crippen molar-refractivity contribution >= 4 is 16.8 Å². The first-order valence-electron chi connectivity index (χ1n) is 16.8. The van der Waals surface area contributed by atoms with E-state index < -0.39 is 5.91 Å². The minimum Gasteiger partial charge on any atom is -0.490 e. The first-order chi connectivity index (χ1) is 21.6. The Balaban J connectivity index is 1.06.